The van der Waals surface area contributed by atoms with E-state index in [-0.39, 0.29) is 5.91 Å². The number of furan rings is 1. The summed E-state index contributed by atoms with van der Waals surface area (Å²) in [6.45, 7) is 0. The van der Waals surface area contributed by atoms with Crippen LogP contribution < -0.4 is 5.32 Å². The lowest BCUT2D eigenvalue weighted by molar-refractivity contribution is -0.111. The first-order chi connectivity index (χ1) is 8.66. The highest BCUT2D eigenvalue weighted by atomic mass is 79.9. The number of nitrogens with one attached hydrogen (secondary N) is 1. The van der Waals surface area contributed by atoms with Crippen LogP contribution in [0.4, 0.5) is 5.69 Å². The normalized spacial score (nSPS) is 10.8. The molecule has 3 nitrogen and oxygen atoms in total. The molecule has 5 heteroatoms. The fourth-order valence-electron chi connectivity index (χ4n) is 1.32. The Labute approximate surface area is 118 Å². The second kappa shape index (κ2) is 5.89. The smallest absolute Gasteiger partial charge is 0.248 e. The van der Waals surface area contributed by atoms with Crippen molar-refractivity contribution >= 4 is 45.2 Å². The van der Waals surface area contributed by atoms with Gasteiger partial charge in [-0.1, -0.05) is 17.7 Å². The third-order valence-corrected chi connectivity index (χ3v) is 3.55. The molecule has 92 valence electrons. The zero-order chi connectivity index (χ0) is 13.0. The first kappa shape index (κ1) is 12.9. The molecule has 2 aromatic rings. The van der Waals surface area contributed by atoms with Crippen molar-refractivity contribution in [3.05, 3.63) is 57.9 Å². The summed E-state index contributed by atoms with van der Waals surface area (Å²) < 4.78 is 5.74. The van der Waals surface area contributed by atoms with E-state index in [4.69, 9.17) is 16.0 Å². The minimum Gasteiger partial charge on any atom is -0.465 e. The third-order valence-electron chi connectivity index (χ3n) is 2.15. The highest BCUT2D eigenvalue weighted by Gasteiger charge is 2.05. The highest BCUT2D eigenvalue weighted by molar-refractivity contribution is 9.10. The average molecular weight is 327 g/mol. The fraction of sp³-hybridized carbons (Fsp3) is 0. The van der Waals surface area contributed by atoms with Gasteiger partial charge in [-0.05, 0) is 46.3 Å². The molecule has 1 N–H and O–H groups in total. The van der Waals surface area contributed by atoms with Crippen molar-refractivity contribution in [3.63, 3.8) is 0 Å². The Balaban J connectivity index is 2.05. The van der Waals surface area contributed by atoms with Crippen LogP contribution in [-0.4, -0.2) is 5.91 Å². The maximum atomic E-state index is 11.7. The van der Waals surface area contributed by atoms with Gasteiger partial charge in [0.15, 0.2) is 0 Å². The van der Waals surface area contributed by atoms with E-state index >= 15 is 0 Å². The Bertz CT molecular complexity index is 579. The molecular weight excluding hydrogens is 318 g/mol. The topological polar surface area (TPSA) is 42.2 Å². The van der Waals surface area contributed by atoms with Gasteiger partial charge in [-0.25, -0.2) is 0 Å². The number of benzene rings is 1. The number of halogens is 2. The second-order valence-corrected chi connectivity index (χ2v) is 4.64. The molecule has 0 bridgehead atoms. The summed E-state index contributed by atoms with van der Waals surface area (Å²) in [7, 11) is 0. The molecule has 0 saturated heterocycles. The molecule has 18 heavy (non-hydrogen) atoms. The van der Waals surface area contributed by atoms with E-state index in [0.29, 0.717) is 20.9 Å². The standard InChI is InChI=1S/C13H9BrClNO2/c14-13-10(15)4-1-5-11(13)16-12(17)7-6-9-3-2-8-18-9/h1-8H,(H,16,17)/b7-6+. The molecule has 1 aromatic heterocycles. The van der Waals surface area contributed by atoms with Crippen LogP contribution in [0.3, 0.4) is 0 Å². The van der Waals surface area contributed by atoms with E-state index in [2.05, 4.69) is 21.2 Å². The van der Waals surface area contributed by atoms with Gasteiger partial charge in [-0.15, -0.1) is 0 Å². The summed E-state index contributed by atoms with van der Waals surface area (Å²) in [6.07, 6.45) is 4.53. The lowest BCUT2D eigenvalue weighted by Gasteiger charge is -2.05. The van der Waals surface area contributed by atoms with Gasteiger partial charge >= 0.3 is 0 Å². The van der Waals surface area contributed by atoms with E-state index in [1.165, 1.54) is 6.08 Å². The molecule has 1 aromatic carbocycles. The van der Waals surface area contributed by atoms with Crippen molar-refractivity contribution < 1.29 is 9.21 Å². The van der Waals surface area contributed by atoms with Gasteiger partial charge in [0.2, 0.25) is 5.91 Å². The van der Waals surface area contributed by atoms with Crippen LogP contribution in [0.15, 0.2) is 51.6 Å². The number of hydrogen-bond donors (Lipinski definition) is 1. The van der Waals surface area contributed by atoms with Crippen molar-refractivity contribution in [1.82, 2.24) is 0 Å². The number of carbonyl (C=O) groups excluding carboxylic acids is 1. The Morgan fingerprint density at radius 2 is 2.17 bits per heavy atom. The quantitative estimate of drug-likeness (QED) is 0.852. The average Bonchev–Trinajstić information content (AvgIpc) is 2.86. The zero-order valence-corrected chi connectivity index (χ0v) is 11.5. The van der Waals surface area contributed by atoms with Crippen LogP contribution in [0.5, 0.6) is 0 Å². The zero-order valence-electron chi connectivity index (χ0n) is 9.19. The molecule has 0 aliphatic rings. The summed E-state index contributed by atoms with van der Waals surface area (Å²) in [6, 6.07) is 8.78. The summed E-state index contributed by atoms with van der Waals surface area (Å²) in [5.41, 5.74) is 0.622. The van der Waals surface area contributed by atoms with E-state index in [9.17, 15) is 4.79 Å². The van der Waals surface area contributed by atoms with Gasteiger partial charge in [0.05, 0.1) is 21.4 Å². The molecular formula is C13H9BrClNO2. The number of hydrogen-bond acceptors (Lipinski definition) is 2. The van der Waals surface area contributed by atoms with Crippen LogP contribution >= 0.6 is 27.5 Å². The molecule has 2 rings (SSSR count). The number of rotatable bonds is 3. The van der Waals surface area contributed by atoms with Crippen LogP contribution in [0, 0.1) is 0 Å². The molecule has 0 radical (unpaired) electrons. The van der Waals surface area contributed by atoms with Gasteiger partial charge in [0, 0.05) is 6.08 Å². The Hall–Kier alpha value is -1.52. The Morgan fingerprint density at radius 3 is 2.89 bits per heavy atom. The van der Waals surface area contributed by atoms with Gasteiger partial charge < -0.3 is 9.73 Å². The molecule has 0 saturated carbocycles. The van der Waals surface area contributed by atoms with E-state index in [1.807, 2.05) is 0 Å². The minimum absolute atomic E-state index is 0.255. The maximum absolute atomic E-state index is 11.7. The molecule has 0 atom stereocenters. The van der Waals surface area contributed by atoms with Crippen LogP contribution in [0.1, 0.15) is 5.76 Å². The van der Waals surface area contributed by atoms with Gasteiger partial charge in [-0.2, -0.15) is 0 Å². The molecule has 1 amide bonds. The van der Waals surface area contributed by atoms with Gasteiger partial charge in [0.1, 0.15) is 5.76 Å². The number of carbonyl (C=O) groups is 1. The first-order valence-corrected chi connectivity index (χ1v) is 6.30. The fourth-order valence-corrected chi connectivity index (χ4v) is 1.86. The van der Waals surface area contributed by atoms with Crippen LogP contribution in [0.2, 0.25) is 5.02 Å². The van der Waals surface area contributed by atoms with Crippen LogP contribution in [0.25, 0.3) is 6.08 Å². The van der Waals surface area contributed by atoms with Crippen molar-refractivity contribution in [1.29, 1.82) is 0 Å². The lowest BCUT2D eigenvalue weighted by Crippen LogP contribution is -2.08. The molecule has 0 spiro atoms. The predicted octanol–water partition coefficient (Wildman–Crippen LogP) is 4.35. The second-order valence-electron chi connectivity index (χ2n) is 3.44. The summed E-state index contributed by atoms with van der Waals surface area (Å²) in [5.74, 6) is 0.365. The van der Waals surface area contributed by atoms with Gasteiger partial charge in [-0.3, -0.25) is 4.79 Å². The van der Waals surface area contributed by atoms with Gasteiger partial charge in [0.25, 0.3) is 0 Å². The van der Waals surface area contributed by atoms with E-state index < -0.39 is 0 Å². The van der Waals surface area contributed by atoms with Crippen molar-refractivity contribution in [2.75, 3.05) is 5.32 Å². The molecule has 1 heterocycles. The molecule has 0 fully saturated rings. The molecule has 0 aliphatic carbocycles. The molecule has 0 aliphatic heterocycles. The SMILES string of the molecule is O=C(/C=C/c1ccco1)Nc1cccc(Cl)c1Br. The van der Waals surface area contributed by atoms with Crippen LogP contribution in [-0.2, 0) is 4.79 Å². The maximum Gasteiger partial charge on any atom is 0.248 e. The highest BCUT2D eigenvalue weighted by Crippen LogP contribution is 2.29. The van der Waals surface area contributed by atoms with Crippen molar-refractivity contribution in [2.45, 2.75) is 0 Å². The third kappa shape index (κ3) is 3.24. The first-order valence-electron chi connectivity index (χ1n) is 5.13. The summed E-state index contributed by atoms with van der Waals surface area (Å²) in [4.78, 5) is 11.7. The van der Waals surface area contributed by atoms with E-state index in [1.54, 1.807) is 42.7 Å². The number of anilines is 1. The Morgan fingerprint density at radius 1 is 1.33 bits per heavy atom. The summed E-state index contributed by atoms with van der Waals surface area (Å²) >= 11 is 9.23. The Kier molecular flexibility index (Phi) is 4.23. The summed E-state index contributed by atoms with van der Waals surface area (Å²) in [5, 5.41) is 3.26. The van der Waals surface area contributed by atoms with E-state index in [0.717, 1.165) is 0 Å². The molecule has 0 unspecified atom stereocenters. The van der Waals surface area contributed by atoms with Crippen molar-refractivity contribution in [3.8, 4) is 0 Å². The number of amides is 1. The predicted molar refractivity (Wildman–Crippen MR) is 75.5 cm³/mol. The monoisotopic (exact) mass is 325 g/mol. The lowest BCUT2D eigenvalue weighted by atomic mass is 10.3. The minimum atomic E-state index is -0.255. The van der Waals surface area contributed by atoms with Crippen molar-refractivity contribution in [2.24, 2.45) is 0 Å². The largest absolute Gasteiger partial charge is 0.465 e.